The number of rotatable bonds is 5. The minimum atomic E-state index is 0.131. The molecule has 2 rings (SSSR count). The Morgan fingerprint density at radius 2 is 2.28 bits per heavy atom. The number of nitrogens with zero attached hydrogens (tertiary/aromatic N) is 1. The van der Waals surface area contributed by atoms with E-state index in [-0.39, 0.29) is 5.91 Å². The Balaban J connectivity index is 1.99. The molecule has 4 heteroatoms. The first kappa shape index (κ1) is 13.1. The maximum Gasteiger partial charge on any atom is 0.223 e. The van der Waals surface area contributed by atoms with Crippen molar-refractivity contribution in [2.24, 2.45) is 5.73 Å². The minimum Gasteiger partial charge on any atom is -0.329 e. The van der Waals surface area contributed by atoms with Gasteiger partial charge in [0.2, 0.25) is 5.91 Å². The number of nitrogens with one attached hydrogen (secondary N) is 1. The number of carbonyl (C=O) groups excluding carboxylic acids is 1. The summed E-state index contributed by atoms with van der Waals surface area (Å²) in [5.74, 6) is 0.131. The van der Waals surface area contributed by atoms with Crippen LogP contribution in [0.2, 0.25) is 0 Å². The maximum absolute atomic E-state index is 11.4. The first-order chi connectivity index (χ1) is 8.72. The third-order valence-electron chi connectivity index (χ3n) is 3.33. The van der Waals surface area contributed by atoms with Gasteiger partial charge in [0.05, 0.1) is 0 Å². The zero-order valence-corrected chi connectivity index (χ0v) is 10.9. The molecule has 1 aromatic rings. The molecule has 0 aromatic heterocycles. The van der Waals surface area contributed by atoms with Crippen molar-refractivity contribution >= 4 is 11.6 Å². The molecule has 0 atom stereocenters. The summed E-state index contributed by atoms with van der Waals surface area (Å²) in [7, 11) is 0. The molecule has 98 valence electrons. The van der Waals surface area contributed by atoms with Gasteiger partial charge in [-0.25, -0.2) is 0 Å². The molecule has 1 aliphatic rings. The highest BCUT2D eigenvalue weighted by Gasteiger charge is 2.21. The lowest BCUT2D eigenvalue weighted by Crippen LogP contribution is -2.25. The van der Waals surface area contributed by atoms with Crippen LogP contribution in [0.25, 0.3) is 0 Å². The van der Waals surface area contributed by atoms with Gasteiger partial charge in [0.25, 0.3) is 0 Å². The summed E-state index contributed by atoms with van der Waals surface area (Å²) >= 11 is 0. The summed E-state index contributed by atoms with van der Waals surface area (Å²) < 4.78 is 0. The van der Waals surface area contributed by atoms with Crippen LogP contribution in [0.5, 0.6) is 0 Å². The number of hydrogen-bond acceptors (Lipinski definition) is 3. The normalized spacial score (nSPS) is 13.8. The summed E-state index contributed by atoms with van der Waals surface area (Å²) in [6, 6.07) is 6.41. The average Bonchev–Trinajstić information content (AvgIpc) is 2.77. The quantitative estimate of drug-likeness (QED) is 0.753. The van der Waals surface area contributed by atoms with Gasteiger partial charge in [0, 0.05) is 32.2 Å². The number of benzene rings is 1. The van der Waals surface area contributed by atoms with E-state index < -0.39 is 0 Å². The fourth-order valence-electron chi connectivity index (χ4n) is 2.40. The maximum atomic E-state index is 11.4. The monoisotopic (exact) mass is 247 g/mol. The molecule has 3 N–H and O–H groups in total. The van der Waals surface area contributed by atoms with Crippen molar-refractivity contribution in [3.05, 3.63) is 29.3 Å². The average molecular weight is 247 g/mol. The first-order valence-corrected chi connectivity index (χ1v) is 6.53. The Morgan fingerprint density at radius 1 is 1.44 bits per heavy atom. The second-order valence-electron chi connectivity index (χ2n) is 4.67. The van der Waals surface area contributed by atoms with Gasteiger partial charge < -0.3 is 16.0 Å². The van der Waals surface area contributed by atoms with Crippen LogP contribution in [0.15, 0.2) is 18.2 Å². The number of fused-ring (bicyclic) bond motifs is 1. The van der Waals surface area contributed by atoms with E-state index in [0.29, 0.717) is 6.54 Å². The van der Waals surface area contributed by atoms with Gasteiger partial charge in [0.1, 0.15) is 0 Å². The van der Waals surface area contributed by atoms with Crippen molar-refractivity contribution in [3.63, 3.8) is 0 Å². The van der Waals surface area contributed by atoms with E-state index in [9.17, 15) is 4.79 Å². The number of carbonyl (C=O) groups is 1. The molecule has 0 radical (unpaired) electrons. The lowest BCUT2D eigenvalue weighted by molar-refractivity contribution is -0.116. The Bertz CT molecular complexity index is 431. The van der Waals surface area contributed by atoms with E-state index >= 15 is 0 Å². The third-order valence-corrected chi connectivity index (χ3v) is 3.33. The topological polar surface area (TPSA) is 58.4 Å². The molecular weight excluding hydrogens is 226 g/mol. The lowest BCUT2D eigenvalue weighted by atomic mass is 10.1. The molecule has 1 aliphatic heterocycles. The van der Waals surface area contributed by atoms with Gasteiger partial charge in [-0.05, 0) is 36.6 Å². The van der Waals surface area contributed by atoms with Crippen molar-refractivity contribution in [1.29, 1.82) is 0 Å². The van der Waals surface area contributed by atoms with Crippen molar-refractivity contribution in [1.82, 2.24) is 5.32 Å². The second kappa shape index (κ2) is 5.98. The lowest BCUT2D eigenvalue weighted by Gasteiger charge is -2.14. The molecule has 0 aliphatic carbocycles. The van der Waals surface area contributed by atoms with E-state index in [0.717, 1.165) is 38.2 Å². The van der Waals surface area contributed by atoms with E-state index in [4.69, 9.17) is 5.73 Å². The summed E-state index contributed by atoms with van der Waals surface area (Å²) in [6.45, 7) is 4.94. The van der Waals surface area contributed by atoms with Gasteiger partial charge in [-0.15, -0.1) is 0 Å². The Kier molecular flexibility index (Phi) is 4.33. The van der Waals surface area contributed by atoms with Crippen LogP contribution < -0.4 is 16.0 Å². The minimum absolute atomic E-state index is 0.131. The first-order valence-electron chi connectivity index (χ1n) is 6.53. The van der Waals surface area contributed by atoms with Crippen LogP contribution in [-0.2, 0) is 17.6 Å². The molecule has 0 fully saturated rings. The highest BCUT2D eigenvalue weighted by atomic mass is 16.2. The molecule has 1 aromatic carbocycles. The van der Waals surface area contributed by atoms with Crippen LogP contribution in [0, 0.1) is 0 Å². The zero-order valence-electron chi connectivity index (χ0n) is 10.9. The predicted octanol–water partition coefficient (Wildman–Crippen LogP) is 0.686. The van der Waals surface area contributed by atoms with Gasteiger partial charge in [0.15, 0.2) is 0 Å². The molecule has 1 amide bonds. The molecule has 0 spiro atoms. The summed E-state index contributed by atoms with van der Waals surface area (Å²) in [5.41, 5.74) is 9.13. The standard InChI is InChI=1S/C14H21N3O/c1-11(18)17-9-5-13-10-12(2-3-14(13)17)4-7-16-8-6-15/h2-3,10,16H,4-9,15H2,1H3. The van der Waals surface area contributed by atoms with Gasteiger partial charge in [-0.1, -0.05) is 12.1 Å². The molecule has 1 heterocycles. The Hall–Kier alpha value is -1.39. The summed E-state index contributed by atoms with van der Waals surface area (Å²) in [6.07, 6.45) is 1.98. The van der Waals surface area contributed by atoms with Crippen LogP contribution in [-0.4, -0.2) is 32.1 Å². The zero-order chi connectivity index (χ0) is 13.0. The van der Waals surface area contributed by atoms with Crippen molar-refractivity contribution in [2.45, 2.75) is 19.8 Å². The molecule has 0 unspecified atom stereocenters. The fraction of sp³-hybridized carbons (Fsp3) is 0.500. The van der Waals surface area contributed by atoms with Crippen LogP contribution in [0.3, 0.4) is 0 Å². The van der Waals surface area contributed by atoms with Gasteiger partial charge in [-0.3, -0.25) is 4.79 Å². The molecular formula is C14H21N3O. The molecule has 18 heavy (non-hydrogen) atoms. The SMILES string of the molecule is CC(=O)N1CCc2cc(CCNCCN)ccc21. The van der Waals surface area contributed by atoms with E-state index in [1.54, 1.807) is 6.92 Å². The Labute approximate surface area is 108 Å². The largest absolute Gasteiger partial charge is 0.329 e. The molecule has 0 saturated carbocycles. The number of anilines is 1. The summed E-state index contributed by atoms with van der Waals surface area (Å²) in [4.78, 5) is 13.3. The van der Waals surface area contributed by atoms with E-state index in [2.05, 4.69) is 23.5 Å². The highest BCUT2D eigenvalue weighted by Crippen LogP contribution is 2.28. The smallest absolute Gasteiger partial charge is 0.223 e. The van der Waals surface area contributed by atoms with Crippen molar-refractivity contribution < 1.29 is 4.79 Å². The number of nitrogens with two attached hydrogens (primary N) is 1. The van der Waals surface area contributed by atoms with Crippen LogP contribution >= 0.6 is 0 Å². The van der Waals surface area contributed by atoms with Crippen LogP contribution in [0.1, 0.15) is 18.1 Å². The predicted molar refractivity (Wildman–Crippen MR) is 73.8 cm³/mol. The number of hydrogen-bond donors (Lipinski definition) is 2. The van der Waals surface area contributed by atoms with Gasteiger partial charge in [-0.2, -0.15) is 0 Å². The van der Waals surface area contributed by atoms with E-state index in [1.165, 1.54) is 11.1 Å². The van der Waals surface area contributed by atoms with Gasteiger partial charge >= 0.3 is 0 Å². The highest BCUT2D eigenvalue weighted by molar-refractivity contribution is 5.93. The number of amides is 1. The summed E-state index contributed by atoms with van der Waals surface area (Å²) in [5, 5.41) is 3.29. The molecule has 0 saturated heterocycles. The third kappa shape index (κ3) is 2.89. The fourth-order valence-corrected chi connectivity index (χ4v) is 2.40. The van der Waals surface area contributed by atoms with Crippen LogP contribution in [0.4, 0.5) is 5.69 Å². The molecule has 0 bridgehead atoms. The van der Waals surface area contributed by atoms with Crippen molar-refractivity contribution in [3.8, 4) is 0 Å². The Morgan fingerprint density at radius 3 is 3.00 bits per heavy atom. The van der Waals surface area contributed by atoms with E-state index in [1.807, 2.05) is 4.90 Å². The van der Waals surface area contributed by atoms with Crippen molar-refractivity contribution in [2.75, 3.05) is 31.1 Å². The molecule has 4 nitrogen and oxygen atoms in total. The second-order valence-corrected chi connectivity index (χ2v) is 4.67.